The third kappa shape index (κ3) is 4.52. The monoisotopic (exact) mass is 369 g/mol. The van der Waals surface area contributed by atoms with E-state index in [9.17, 15) is 9.59 Å². The second-order valence-corrected chi connectivity index (χ2v) is 6.23. The summed E-state index contributed by atoms with van der Waals surface area (Å²) >= 11 is 0. The van der Waals surface area contributed by atoms with Gasteiger partial charge >= 0.3 is 0 Å². The molecule has 0 saturated carbocycles. The van der Waals surface area contributed by atoms with Crippen LogP contribution in [0.2, 0.25) is 0 Å². The second kappa shape index (κ2) is 8.48. The van der Waals surface area contributed by atoms with Gasteiger partial charge in [-0.1, -0.05) is 18.2 Å². The van der Waals surface area contributed by atoms with E-state index < -0.39 is 0 Å². The van der Waals surface area contributed by atoms with E-state index in [2.05, 4.69) is 15.3 Å². The number of hydrogen-bond acceptors (Lipinski definition) is 6. The Balaban J connectivity index is 1.63. The van der Waals surface area contributed by atoms with Crippen molar-refractivity contribution in [1.29, 1.82) is 0 Å². The Morgan fingerprint density at radius 2 is 1.89 bits per heavy atom. The van der Waals surface area contributed by atoms with E-state index in [4.69, 9.17) is 4.74 Å². The van der Waals surface area contributed by atoms with Crippen LogP contribution in [0, 0.1) is 0 Å². The number of piperazine rings is 1. The molecule has 2 heterocycles. The van der Waals surface area contributed by atoms with Crippen molar-refractivity contribution in [2.24, 2.45) is 0 Å². The fourth-order valence-corrected chi connectivity index (χ4v) is 2.96. The molecule has 2 aromatic rings. The molecule has 0 bridgehead atoms. The summed E-state index contributed by atoms with van der Waals surface area (Å²) in [5, 5.41) is 2.86. The van der Waals surface area contributed by atoms with Crippen molar-refractivity contribution in [3.63, 3.8) is 0 Å². The number of nitrogens with zero attached hydrogens (tertiary/aromatic N) is 4. The predicted molar refractivity (Wildman–Crippen MR) is 101 cm³/mol. The first-order chi connectivity index (χ1) is 13.1. The van der Waals surface area contributed by atoms with Crippen LogP contribution < -0.4 is 15.0 Å². The lowest BCUT2D eigenvalue weighted by atomic mass is 10.2. The third-order valence-corrected chi connectivity index (χ3v) is 4.52. The number of carbonyl (C=O) groups is 2. The standard InChI is InChI=1S/C19H23N5O3/c1-14(25)23-9-11-24(12-10-23)19-20-8-7-16(22-19)18(26)21-13-15-5-3-4-6-17(15)27-2/h3-8H,9-13H2,1-2H3,(H,21,26). The minimum Gasteiger partial charge on any atom is -0.496 e. The second-order valence-electron chi connectivity index (χ2n) is 6.23. The van der Waals surface area contributed by atoms with E-state index >= 15 is 0 Å². The van der Waals surface area contributed by atoms with Crippen molar-refractivity contribution < 1.29 is 14.3 Å². The van der Waals surface area contributed by atoms with Gasteiger partial charge in [-0.2, -0.15) is 0 Å². The number of nitrogens with one attached hydrogen (secondary N) is 1. The number of amides is 2. The average molecular weight is 369 g/mol. The van der Waals surface area contributed by atoms with Crippen LogP contribution in [0.15, 0.2) is 36.5 Å². The van der Waals surface area contributed by atoms with Gasteiger partial charge in [-0.3, -0.25) is 9.59 Å². The van der Waals surface area contributed by atoms with E-state index in [1.165, 1.54) is 0 Å². The van der Waals surface area contributed by atoms with Gasteiger partial charge in [-0.15, -0.1) is 0 Å². The van der Waals surface area contributed by atoms with Crippen molar-refractivity contribution >= 4 is 17.8 Å². The topological polar surface area (TPSA) is 87.7 Å². The predicted octanol–water partition coefficient (Wildman–Crippen LogP) is 1.08. The minimum absolute atomic E-state index is 0.0695. The maximum Gasteiger partial charge on any atom is 0.270 e. The van der Waals surface area contributed by atoms with Gasteiger partial charge in [-0.05, 0) is 12.1 Å². The van der Waals surface area contributed by atoms with Gasteiger partial charge in [0.25, 0.3) is 5.91 Å². The number of anilines is 1. The summed E-state index contributed by atoms with van der Waals surface area (Å²) < 4.78 is 5.30. The lowest BCUT2D eigenvalue weighted by molar-refractivity contribution is -0.129. The first-order valence-corrected chi connectivity index (χ1v) is 8.82. The molecule has 1 aromatic carbocycles. The molecule has 3 rings (SSSR count). The summed E-state index contributed by atoms with van der Waals surface area (Å²) in [6.45, 7) is 4.46. The van der Waals surface area contributed by atoms with Gasteiger partial charge in [0.1, 0.15) is 11.4 Å². The highest BCUT2D eigenvalue weighted by Gasteiger charge is 2.21. The van der Waals surface area contributed by atoms with Crippen molar-refractivity contribution in [1.82, 2.24) is 20.2 Å². The SMILES string of the molecule is COc1ccccc1CNC(=O)c1ccnc(N2CCN(C(C)=O)CC2)n1. The largest absolute Gasteiger partial charge is 0.496 e. The number of para-hydroxylation sites is 1. The van der Waals surface area contributed by atoms with Crippen LogP contribution in [0.1, 0.15) is 23.0 Å². The van der Waals surface area contributed by atoms with Crippen LogP contribution in [0.5, 0.6) is 5.75 Å². The molecule has 8 heteroatoms. The highest BCUT2D eigenvalue weighted by atomic mass is 16.5. The lowest BCUT2D eigenvalue weighted by Gasteiger charge is -2.34. The molecule has 0 unspecified atom stereocenters. The average Bonchev–Trinajstić information content (AvgIpc) is 2.72. The van der Waals surface area contributed by atoms with Crippen LogP contribution in [0.25, 0.3) is 0 Å². The third-order valence-electron chi connectivity index (χ3n) is 4.52. The Kier molecular flexibility index (Phi) is 5.85. The number of rotatable bonds is 5. The Hall–Kier alpha value is -3.16. The zero-order valence-electron chi connectivity index (χ0n) is 15.5. The maximum atomic E-state index is 12.5. The van der Waals surface area contributed by atoms with Crippen molar-refractivity contribution in [3.8, 4) is 5.75 Å². The quantitative estimate of drug-likeness (QED) is 0.849. The highest BCUT2D eigenvalue weighted by Crippen LogP contribution is 2.17. The number of carbonyl (C=O) groups excluding carboxylic acids is 2. The number of methoxy groups -OCH3 is 1. The minimum atomic E-state index is -0.271. The Labute approximate surface area is 158 Å². The van der Waals surface area contributed by atoms with Gasteiger partial charge < -0.3 is 19.9 Å². The molecule has 1 aliphatic rings. The van der Waals surface area contributed by atoms with Crippen LogP contribution in [0.4, 0.5) is 5.95 Å². The van der Waals surface area contributed by atoms with Crippen molar-refractivity contribution in [2.75, 3.05) is 38.2 Å². The highest BCUT2D eigenvalue weighted by molar-refractivity contribution is 5.92. The Morgan fingerprint density at radius 3 is 2.59 bits per heavy atom. The van der Waals surface area contributed by atoms with Gasteiger partial charge in [0.2, 0.25) is 11.9 Å². The molecule has 0 radical (unpaired) electrons. The molecule has 0 atom stereocenters. The molecule has 0 aliphatic carbocycles. The molecule has 1 aromatic heterocycles. The smallest absolute Gasteiger partial charge is 0.270 e. The molecular formula is C19H23N5O3. The lowest BCUT2D eigenvalue weighted by Crippen LogP contribution is -2.48. The molecule has 1 aliphatic heterocycles. The van der Waals surface area contributed by atoms with Crippen LogP contribution in [-0.2, 0) is 11.3 Å². The normalized spacial score (nSPS) is 14.0. The zero-order valence-corrected chi connectivity index (χ0v) is 15.5. The molecular weight excluding hydrogens is 346 g/mol. The van der Waals surface area contributed by atoms with Crippen LogP contribution in [-0.4, -0.2) is 60.0 Å². The molecule has 1 N–H and O–H groups in total. The van der Waals surface area contributed by atoms with E-state index in [0.717, 1.165) is 11.3 Å². The molecule has 142 valence electrons. The number of ether oxygens (including phenoxy) is 1. The number of aromatic nitrogens is 2. The summed E-state index contributed by atoms with van der Waals surface area (Å²) in [6.07, 6.45) is 1.58. The summed E-state index contributed by atoms with van der Waals surface area (Å²) in [4.78, 5) is 36.4. The Bertz CT molecular complexity index is 818. The number of hydrogen-bond donors (Lipinski definition) is 1. The van der Waals surface area contributed by atoms with Gasteiger partial charge in [0, 0.05) is 51.4 Å². The van der Waals surface area contributed by atoms with Gasteiger partial charge in [-0.25, -0.2) is 9.97 Å². The van der Waals surface area contributed by atoms with E-state index in [1.54, 1.807) is 31.2 Å². The fraction of sp³-hybridized carbons (Fsp3) is 0.368. The van der Waals surface area contributed by atoms with Gasteiger partial charge in [0.05, 0.1) is 7.11 Å². The maximum absolute atomic E-state index is 12.5. The first-order valence-electron chi connectivity index (χ1n) is 8.82. The van der Waals surface area contributed by atoms with Gasteiger partial charge in [0.15, 0.2) is 0 Å². The first kappa shape index (κ1) is 18.6. The van der Waals surface area contributed by atoms with Crippen molar-refractivity contribution in [3.05, 3.63) is 47.8 Å². The van der Waals surface area contributed by atoms with E-state index in [-0.39, 0.29) is 11.8 Å². The fourth-order valence-electron chi connectivity index (χ4n) is 2.96. The molecule has 27 heavy (non-hydrogen) atoms. The van der Waals surface area contributed by atoms with Crippen molar-refractivity contribution in [2.45, 2.75) is 13.5 Å². The molecule has 0 spiro atoms. The number of benzene rings is 1. The zero-order chi connectivity index (χ0) is 19.2. The van der Waals surface area contributed by atoms with E-state index in [0.29, 0.717) is 44.4 Å². The summed E-state index contributed by atoms with van der Waals surface area (Å²) in [5.41, 5.74) is 1.20. The summed E-state index contributed by atoms with van der Waals surface area (Å²) in [7, 11) is 1.60. The summed E-state index contributed by atoms with van der Waals surface area (Å²) in [5.74, 6) is 1.03. The molecule has 1 saturated heterocycles. The van der Waals surface area contributed by atoms with Crippen LogP contribution >= 0.6 is 0 Å². The summed E-state index contributed by atoms with van der Waals surface area (Å²) in [6, 6.07) is 9.12. The van der Waals surface area contributed by atoms with E-state index in [1.807, 2.05) is 29.2 Å². The molecule has 1 fully saturated rings. The molecule has 8 nitrogen and oxygen atoms in total. The van der Waals surface area contributed by atoms with Crippen LogP contribution in [0.3, 0.4) is 0 Å². The Morgan fingerprint density at radius 1 is 1.15 bits per heavy atom. The molecule has 2 amide bonds.